The molecule has 1 aromatic rings. The minimum atomic E-state index is -4.15. The normalized spacial score (nSPS) is 11.3. The molecule has 0 aliphatic carbocycles. The Kier molecular flexibility index (Phi) is 5.25. The van der Waals surface area contributed by atoms with Crippen molar-refractivity contribution in [1.29, 1.82) is 0 Å². The zero-order chi connectivity index (χ0) is 15.3. The lowest BCUT2D eigenvalue weighted by Crippen LogP contribution is -2.33. The Hall–Kier alpha value is -1.91. The Labute approximate surface area is 117 Å². The molecule has 5 nitrogen and oxygen atoms in total. The quantitative estimate of drug-likeness (QED) is 0.809. The molecule has 0 aliphatic rings. The molecule has 0 radical (unpaired) electrons. The summed E-state index contributed by atoms with van der Waals surface area (Å²) in [6.45, 7) is 1.68. The van der Waals surface area contributed by atoms with Crippen molar-refractivity contribution in [1.82, 2.24) is 4.31 Å². The fourth-order valence-electron chi connectivity index (χ4n) is 1.66. The molecular weight excluding hydrogens is 285 g/mol. The van der Waals surface area contributed by atoms with Crippen LogP contribution in [0.15, 0.2) is 23.1 Å². The first-order chi connectivity index (χ1) is 9.34. The predicted octanol–water partition coefficient (Wildman–Crippen LogP) is 1.56. The fourth-order valence-corrected chi connectivity index (χ4v) is 3.30. The average Bonchev–Trinajstić information content (AvgIpc) is 2.38. The van der Waals surface area contributed by atoms with Gasteiger partial charge in [-0.1, -0.05) is 12.8 Å². The Morgan fingerprint density at radius 1 is 1.50 bits per heavy atom. The van der Waals surface area contributed by atoms with E-state index in [4.69, 9.17) is 11.5 Å². The van der Waals surface area contributed by atoms with Gasteiger partial charge in [-0.05, 0) is 24.6 Å². The number of hydrogen-bond donors (Lipinski definition) is 1. The highest BCUT2D eigenvalue weighted by Crippen LogP contribution is 2.22. The van der Waals surface area contributed by atoms with Crippen LogP contribution in [-0.2, 0) is 10.0 Å². The van der Waals surface area contributed by atoms with Crippen LogP contribution >= 0.6 is 0 Å². The molecule has 108 valence electrons. The number of aromatic carboxylic acids is 1. The third-order valence-corrected chi connectivity index (χ3v) is 4.42. The van der Waals surface area contributed by atoms with Gasteiger partial charge in [-0.25, -0.2) is 17.6 Å². The molecule has 0 amide bonds. The van der Waals surface area contributed by atoms with E-state index < -0.39 is 32.3 Å². The molecule has 0 saturated heterocycles. The summed E-state index contributed by atoms with van der Waals surface area (Å²) in [5.74, 6) is -0.0744. The van der Waals surface area contributed by atoms with Crippen molar-refractivity contribution in [2.45, 2.75) is 18.2 Å². The van der Waals surface area contributed by atoms with Gasteiger partial charge >= 0.3 is 5.97 Å². The average molecular weight is 299 g/mol. The van der Waals surface area contributed by atoms with E-state index in [0.29, 0.717) is 12.5 Å². The number of terminal acetylenes is 1. The first-order valence-corrected chi connectivity index (χ1v) is 7.25. The van der Waals surface area contributed by atoms with E-state index in [-0.39, 0.29) is 13.1 Å². The first-order valence-electron chi connectivity index (χ1n) is 5.81. The van der Waals surface area contributed by atoms with Crippen LogP contribution < -0.4 is 0 Å². The molecule has 0 aromatic heterocycles. The smallest absolute Gasteiger partial charge is 0.337 e. The summed E-state index contributed by atoms with van der Waals surface area (Å²) in [6.07, 6.45) is 5.61. The second kappa shape index (κ2) is 6.50. The molecule has 0 saturated carbocycles. The second-order valence-electron chi connectivity index (χ2n) is 3.99. The lowest BCUT2D eigenvalue weighted by atomic mass is 10.2. The second-order valence-corrected chi connectivity index (χ2v) is 5.89. The van der Waals surface area contributed by atoms with E-state index in [1.54, 1.807) is 6.92 Å². The molecule has 7 heteroatoms. The molecule has 0 spiro atoms. The highest BCUT2D eigenvalue weighted by Gasteiger charge is 2.28. The Morgan fingerprint density at radius 2 is 2.15 bits per heavy atom. The van der Waals surface area contributed by atoms with Crippen LogP contribution in [0.1, 0.15) is 23.7 Å². The molecule has 0 fully saturated rings. The van der Waals surface area contributed by atoms with Crippen LogP contribution in [0.4, 0.5) is 4.39 Å². The van der Waals surface area contributed by atoms with Crippen LogP contribution in [0.2, 0.25) is 0 Å². The Balaban J connectivity index is 3.44. The third kappa shape index (κ3) is 3.35. The molecule has 0 aliphatic heterocycles. The van der Waals surface area contributed by atoms with Crippen molar-refractivity contribution < 1.29 is 22.7 Å². The van der Waals surface area contributed by atoms with Crippen LogP contribution in [0, 0.1) is 18.2 Å². The van der Waals surface area contributed by atoms with Crippen molar-refractivity contribution in [3.05, 3.63) is 29.6 Å². The highest BCUT2D eigenvalue weighted by molar-refractivity contribution is 7.89. The Morgan fingerprint density at radius 3 is 2.65 bits per heavy atom. The molecule has 1 rings (SSSR count). The van der Waals surface area contributed by atoms with Gasteiger partial charge in [0.05, 0.1) is 17.0 Å². The summed E-state index contributed by atoms with van der Waals surface area (Å²) in [6, 6.07) is 2.51. The van der Waals surface area contributed by atoms with E-state index in [9.17, 15) is 17.6 Å². The minimum Gasteiger partial charge on any atom is -0.478 e. The molecule has 1 N–H and O–H groups in total. The number of carbonyl (C=O) groups is 1. The van der Waals surface area contributed by atoms with E-state index in [0.717, 1.165) is 16.4 Å². The zero-order valence-electron chi connectivity index (χ0n) is 10.8. The number of halogens is 1. The molecule has 0 atom stereocenters. The summed E-state index contributed by atoms with van der Waals surface area (Å²) < 4.78 is 39.0. The lowest BCUT2D eigenvalue weighted by molar-refractivity contribution is 0.0692. The number of sulfonamides is 1. The van der Waals surface area contributed by atoms with Crippen molar-refractivity contribution in [3.63, 3.8) is 0 Å². The summed E-state index contributed by atoms with van der Waals surface area (Å²) in [5, 5.41) is 9.02. The standard InChI is InChI=1S/C13H14FNO4S/c1-3-7-15(8-4-2)20(18,19)12-9-10(14)5-6-11(12)13(16)17/h1,5-6,9H,4,7-8H2,2H3,(H,16,17). The van der Waals surface area contributed by atoms with Gasteiger partial charge in [-0.2, -0.15) is 4.31 Å². The van der Waals surface area contributed by atoms with Gasteiger partial charge in [0.1, 0.15) is 5.82 Å². The van der Waals surface area contributed by atoms with Crippen molar-refractivity contribution >= 4 is 16.0 Å². The highest BCUT2D eigenvalue weighted by atomic mass is 32.2. The van der Waals surface area contributed by atoms with Gasteiger partial charge < -0.3 is 5.11 Å². The molecule has 20 heavy (non-hydrogen) atoms. The largest absolute Gasteiger partial charge is 0.478 e. The van der Waals surface area contributed by atoms with E-state index >= 15 is 0 Å². The van der Waals surface area contributed by atoms with Gasteiger partial charge in [0.15, 0.2) is 0 Å². The summed E-state index contributed by atoms with van der Waals surface area (Å²) in [7, 11) is -4.15. The molecular formula is C13H14FNO4S. The number of benzene rings is 1. The summed E-state index contributed by atoms with van der Waals surface area (Å²) >= 11 is 0. The predicted molar refractivity (Wildman–Crippen MR) is 71.2 cm³/mol. The zero-order valence-corrected chi connectivity index (χ0v) is 11.7. The number of nitrogens with zero attached hydrogens (tertiary/aromatic N) is 1. The number of carboxylic acid groups (broad SMARTS) is 1. The van der Waals surface area contributed by atoms with E-state index in [1.807, 2.05) is 0 Å². The van der Waals surface area contributed by atoms with Crippen LogP contribution in [0.3, 0.4) is 0 Å². The van der Waals surface area contributed by atoms with Gasteiger partial charge in [-0.3, -0.25) is 0 Å². The maximum Gasteiger partial charge on any atom is 0.337 e. The third-order valence-electron chi connectivity index (χ3n) is 2.53. The van der Waals surface area contributed by atoms with Crippen LogP contribution in [-0.4, -0.2) is 36.9 Å². The van der Waals surface area contributed by atoms with E-state index in [2.05, 4.69) is 5.92 Å². The van der Waals surface area contributed by atoms with E-state index in [1.165, 1.54) is 0 Å². The van der Waals surface area contributed by atoms with Gasteiger partial charge in [-0.15, -0.1) is 6.42 Å². The van der Waals surface area contributed by atoms with Gasteiger partial charge in [0.25, 0.3) is 0 Å². The van der Waals surface area contributed by atoms with Crippen molar-refractivity contribution in [2.24, 2.45) is 0 Å². The number of carboxylic acids is 1. The Bertz CT molecular complexity index is 649. The summed E-state index contributed by atoms with van der Waals surface area (Å²) in [5.41, 5.74) is -0.482. The van der Waals surface area contributed by atoms with Crippen LogP contribution in [0.25, 0.3) is 0 Å². The van der Waals surface area contributed by atoms with Crippen molar-refractivity contribution in [2.75, 3.05) is 13.1 Å². The number of hydrogen-bond acceptors (Lipinski definition) is 3. The first kappa shape index (κ1) is 16.1. The van der Waals surface area contributed by atoms with Crippen molar-refractivity contribution in [3.8, 4) is 12.3 Å². The number of rotatable bonds is 6. The molecule has 1 aromatic carbocycles. The summed E-state index contributed by atoms with van der Waals surface area (Å²) in [4.78, 5) is 10.5. The molecule has 0 heterocycles. The SMILES string of the molecule is C#CCN(CCC)S(=O)(=O)c1cc(F)ccc1C(=O)O. The maximum absolute atomic E-state index is 13.3. The fraction of sp³-hybridized carbons (Fsp3) is 0.308. The maximum atomic E-state index is 13.3. The molecule has 0 unspecified atom stereocenters. The lowest BCUT2D eigenvalue weighted by Gasteiger charge is -2.20. The minimum absolute atomic E-state index is 0.127. The van der Waals surface area contributed by atoms with Crippen LogP contribution in [0.5, 0.6) is 0 Å². The topological polar surface area (TPSA) is 74.7 Å². The monoisotopic (exact) mass is 299 g/mol. The molecule has 0 bridgehead atoms. The van der Waals surface area contributed by atoms with Gasteiger partial charge in [0.2, 0.25) is 10.0 Å². The van der Waals surface area contributed by atoms with Gasteiger partial charge in [0, 0.05) is 6.54 Å².